The van der Waals surface area contributed by atoms with Gasteiger partial charge in [0.15, 0.2) is 0 Å². The van der Waals surface area contributed by atoms with Crippen molar-refractivity contribution in [2.45, 2.75) is 12.8 Å². The Kier molecular flexibility index (Phi) is 4.40. The quantitative estimate of drug-likeness (QED) is 0.899. The van der Waals surface area contributed by atoms with Gasteiger partial charge in [-0.2, -0.15) is 0 Å². The number of rotatable bonds is 3. The molecule has 0 aromatic heterocycles. The molecule has 0 unspecified atom stereocenters. The maximum absolute atomic E-state index is 11.8. The van der Waals surface area contributed by atoms with E-state index in [2.05, 4.69) is 5.32 Å². The summed E-state index contributed by atoms with van der Waals surface area (Å²) >= 11 is 5.77. The minimum atomic E-state index is -0.0341. The largest absolute Gasteiger partial charge is 0.381 e. The molecule has 0 radical (unpaired) electrons. The predicted octanol–water partition coefficient (Wildman–Crippen LogP) is 2.50. The Hall–Kier alpha value is -1.06. The Balaban J connectivity index is 1.82. The standard InChI is InChI=1S/C13H16ClNO2/c14-12-3-1-11(2-4-12)13(16)15-9-10-5-7-17-8-6-10/h1-4,10H,5-9H2,(H,15,16). The number of ether oxygens (including phenoxy) is 1. The van der Waals surface area contributed by atoms with Crippen molar-refractivity contribution in [1.82, 2.24) is 5.32 Å². The molecule has 0 aliphatic carbocycles. The van der Waals surface area contributed by atoms with Crippen LogP contribution in [0.15, 0.2) is 24.3 Å². The average Bonchev–Trinajstić information content (AvgIpc) is 2.38. The summed E-state index contributed by atoms with van der Waals surface area (Å²) in [7, 11) is 0. The Labute approximate surface area is 106 Å². The third-order valence-electron chi connectivity index (χ3n) is 3.00. The number of hydrogen-bond acceptors (Lipinski definition) is 2. The van der Waals surface area contributed by atoms with Gasteiger partial charge in [-0.3, -0.25) is 4.79 Å². The third-order valence-corrected chi connectivity index (χ3v) is 3.25. The molecule has 1 aromatic carbocycles. The van der Waals surface area contributed by atoms with Gasteiger partial charge in [0.25, 0.3) is 5.91 Å². The van der Waals surface area contributed by atoms with Crippen LogP contribution in [0.1, 0.15) is 23.2 Å². The number of hydrogen-bond donors (Lipinski definition) is 1. The number of amides is 1. The molecule has 1 aliphatic rings. The molecule has 0 bridgehead atoms. The van der Waals surface area contributed by atoms with Crippen LogP contribution in [0.2, 0.25) is 5.02 Å². The summed E-state index contributed by atoms with van der Waals surface area (Å²) in [5, 5.41) is 3.59. The fourth-order valence-electron chi connectivity index (χ4n) is 1.89. The van der Waals surface area contributed by atoms with Crippen LogP contribution in [0.5, 0.6) is 0 Å². The summed E-state index contributed by atoms with van der Waals surface area (Å²) in [5.74, 6) is 0.508. The Bertz CT molecular complexity index is 372. The van der Waals surface area contributed by atoms with Gasteiger partial charge in [-0.25, -0.2) is 0 Å². The van der Waals surface area contributed by atoms with E-state index in [1.165, 1.54) is 0 Å². The molecular formula is C13H16ClNO2. The van der Waals surface area contributed by atoms with Crippen molar-refractivity contribution in [3.05, 3.63) is 34.9 Å². The van der Waals surface area contributed by atoms with Crippen molar-refractivity contribution in [3.8, 4) is 0 Å². The molecule has 1 amide bonds. The Morgan fingerprint density at radius 3 is 2.59 bits per heavy atom. The lowest BCUT2D eigenvalue weighted by Gasteiger charge is -2.22. The van der Waals surface area contributed by atoms with Crippen LogP contribution in [-0.2, 0) is 4.74 Å². The summed E-state index contributed by atoms with van der Waals surface area (Å²) < 4.78 is 5.28. The van der Waals surface area contributed by atoms with Gasteiger partial charge in [-0.05, 0) is 43.0 Å². The van der Waals surface area contributed by atoms with Crippen LogP contribution in [0.25, 0.3) is 0 Å². The van der Waals surface area contributed by atoms with E-state index in [1.54, 1.807) is 24.3 Å². The smallest absolute Gasteiger partial charge is 0.251 e. The number of carbonyl (C=O) groups is 1. The molecule has 1 fully saturated rings. The van der Waals surface area contributed by atoms with Crippen LogP contribution >= 0.6 is 11.6 Å². The van der Waals surface area contributed by atoms with E-state index in [-0.39, 0.29) is 5.91 Å². The predicted molar refractivity (Wildman–Crippen MR) is 67.3 cm³/mol. The number of benzene rings is 1. The second-order valence-corrected chi connectivity index (χ2v) is 4.71. The van der Waals surface area contributed by atoms with Crippen molar-refractivity contribution < 1.29 is 9.53 Å². The molecule has 2 rings (SSSR count). The van der Waals surface area contributed by atoms with Crippen molar-refractivity contribution in [3.63, 3.8) is 0 Å². The van der Waals surface area contributed by atoms with Crippen molar-refractivity contribution in [1.29, 1.82) is 0 Å². The molecular weight excluding hydrogens is 238 g/mol. The maximum atomic E-state index is 11.8. The summed E-state index contributed by atoms with van der Waals surface area (Å²) in [6.45, 7) is 2.34. The van der Waals surface area contributed by atoms with Crippen LogP contribution in [0.3, 0.4) is 0 Å². The van der Waals surface area contributed by atoms with Crippen molar-refractivity contribution in [2.75, 3.05) is 19.8 Å². The molecule has 4 heteroatoms. The lowest BCUT2D eigenvalue weighted by atomic mass is 10.0. The average molecular weight is 254 g/mol. The first-order valence-electron chi connectivity index (χ1n) is 5.87. The van der Waals surface area contributed by atoms with E-state index < -0.39 is 0 Å². The summed E-state index contributed by atoms with van der Waals surface area (Å²) in [4.78, 5) is 11.8. The molecule has 0 saturated carbocycles. The van der Waals surface area contributed by atoms with E-state index in [9.17, 15) is 4.79 Å². The Morgan fingerprint density at radius 1 is 1.29 bits per heavy atom. The fourth-order valence-corrected chi connectivity index (χ4v) is 2.02. The van der Waals surface area contributed by atoms with Crippen molar-refractivity contribution >= 4 is 17.5 Å². The van der Waals surface area contributed by atoms with Gasteiger partial charge in [0.1, 0.15) is 0 Å². The minimum absolute atomic E-state index is 0.0341. The second kappa shape index (κ2) is 6.03. The molecule has 1 aromatic rings. The van der Waals surface area contributed by atoms with Crippen LogP contribution in [0, 0.1) is 5.92 Å². The monoisotopic (exact) mass is 253 g/mol. The van der Waals surface area contributed by atoms with Gasteiger partial charge in [-0.1, -0.05) is 11.6 Å². The molecule has 92 valence electrons. The van der Waals surface area contributed by atoms with E-state index >= 15 is 0 Å². The second-order valence-electron chi connectivity index (χ2n) is 4.27. The van der Waals surface area contributed by atoms with E-state index in [1.807, 2.05) is 0 Å². The lowest BCUT2D eigenvalue weighted by molar-refractivity contribution is 0.0642. The lowest BCUT2D eigenvalue weighted by Crippen LogP contribution is -2.32. The Morgan fingerprint density at radius 2 is 1.94 bits per heavy atom. The maximum Gasteiger partial charge on any atom is 0.251 e. The van der Waals surface area contributed by atoms with Crippen molar-refractivity contribution in [2.24, 2.45) is 5.92 Å². The summed E-state index contributed by atoms with van der Waals surface area (Å²) in [6, 6.07) is 6.93. The van der Waals surface area contributed by atoms with Crippen LogP contribution in [-0.4, -0.2) is 25.7 Å². The first kappa shape index (κ1) is 12.4. The highest BCUT2D eigenvalue weighted by atomic mass is 35.5. The molecule has 1 aliphatic heterocycles. The number of halogens is 1. The van der Waals surface area contributed by atoms with Gasteiger partial charge in [-0.15, -0.1) is 0 Å². The van der Waals surface area contributed by atoms with Gasteiger partial charge >= 0.3 is 0 Å². The van der Waals surface area contributed by atoms with E-state index in [0.717, 1.165) is 32.6 Å². The molecule has 3 nitrogen and oxygen atoms in total. The third kappa shape index (κ3) is 3.72. The first-order valence-corrected chi connectivity index (χ1v) is 6.25. The number of nitrogens with one attached hydrogen (secondary N) is 1. The van der Waals surface area contributed by atoms with E-state index in [0.29, 0.717) is 16.5 Å². The highest BCUT2D eigenvalue weighted by Crippen LogP contribution is 2.14. The minimum Gasteiger partial charge on any atom is -0.381 e. The van der Waals surface area contributed by atoms with Gasteiger partial charge < -0.3 is 10.1 Å². The SMILES string of the molecule is O=C(NCC1CCOCC1)c1ccc(Cl)cc1. The summed E-state index contributed by atoms with van der Waals surface area (Å²) in [6.07, 6.45) is 2.06. The molecule has 1 N–H and O–H groups in total. The molecule has 0 spiro atoms. The topological polar surface area (TPSA) is 38.3 Å². The zero-order valence-electron chi connectivity index (χ0n) is 9.62. The zero-order chi connectivity index (χ0) is 12.1. The van der Waals surface area contributed by atoms with Gasteiger partial charge in [0.05, 0.1) is 0 Å². The van der Waals surface area contributed by atoms with E-state index in [4.69, 9.17) is 16.3 Å². The molecule has 1 heterocycles. The first-order chi connectivity index (χ1) is 8.25. The van der Waals surface area contributed by atoms with Gasteiger partial charge in [0, 0.05) is 30.3 Å². The molecule has 17 heavy (non-hydrogen) atoms. The van der Waals surface area contributed by atoms with Crippen LogP contribution < -0.4 is 5.32 Å². The summed E-state index contributed by atoms with van der Waals surface area (Å²) in [5.41, 5.74) is 0.654. The van der Waals surface area contributed by atoms with Gasteiger partial charge in [0.2, 0.25) is 0 Å². The normalized spacial score (nSPS) is 16.8. The fraction of sp³-hybridized carbons (Fsp3) is 0.462. The highest BCUT2D eigenvalue weighted by molar-refractivity contribution is 6.30. The number of carbonyl (C=O) groups excluding carboxylic acids is 1. The zero-order valence-corrected chi connectivity index (χ0v) is 10.4. The molecule has 1 saturated heterocycles. The highest BCUT2D eigenvalue weighted by Gasteiger charge is 2.15. The van der Waals surface area contributed by atoms with Crippen LogP contribution in [0.4, 0.5) is 0 Å². The molecule has 0 atom stereocenters.